The molecular formula is C29H46N4O3. The van der Waals surface area contributed by atoms with E-state index in [1.165, 1.54) is 0 Å². The Morgan fingerprint density at radius 3 is 2.25 bits per heavy atom. The van der Waals surface area contributed by atoms with Gasteiger partial charge in [0, 0.05) is 50.9 Å². The van der Waals surface area contributed by atoms with Crippen molar-refractivity contribution < 1.29 is 14.3 Å². The number of benzene rings is 1. The van der Waals surface area contributed by atoms with E-state index in [1.807, 2.05) is 45.2 Å². The Hall–Kier alpha value is -3.19. The van der Waals surface area contributed by atoms with Crippen molar-refractivity contribution in [2.24, 2.45) is 10.9 Å². The van der Waals surface area contributed by atoms with Gasteiger partial charge in [0.2, 0.25) is 0 Å². The van der Waals surface area contributed by atoms with Crippen LogP contribution in [0.15, 0.2) is 58.4 Å². The predicted molar refractivity (Wildman–Crippen MR) is 153 cm³/mol. The van der Waals surface area contributed by atoms with E-state index < -0.39 is 0 Å². The summed E-state index contributed by atoms with van der Waals surface area (Å²) in [6, 6.07) is 5.69. The van der Waals surface area contributed by atoms with Gasteiger partial charge in [0.15, 0.2) is 5.78 Å². The molecule has 7 heteroatoms. The number of ketones is 1. The number of hydrogen-bond donors (Lipinski definition) is 3. The summed E-state index contributed by atoms with van der Waals surface area (Å²) in [5.41, 5.74) is 5.87. The van der Waals surface area contributed by atoms with Crippen LogP contribution < -0.4 is 16.0 Å². The third kappa shape index (κ3) is 13.0. The van der Waals surface area contributed by atoms with Gasteiger partial charge >= 0.3 is 0 Å². The number of amides is 1. The third-order valence-corrected chi connectivity index (χ3v) is 4.94. The van der Waals surface area contributed by atoms with Crippen molar-refractivity contribution in [3.05, 3.63) is 64.5 Å². The fraction of sp³-hybridized carbons (Fsp3) is 0.483. The van der Waals surface area contributed by atoms with E-state index in [0.29, 0.717) is 30.3 Å². The lowest BCUT2D eigenvalue weighted by Gasteiger charge is -2.15. The maximum atomic E-state index is 12.2. The molecule has 3 N–H and O–H groups in total. The molecule has 0 spiro atoms. The number of carbonyl (C=O) groups is 2. The lowest BCUT2D eigenvalue weighted by molar-refractivity contribution is -0.113. The molecule has 36 heavy (non-hydrogen) atoms. The zero-order chi connectivity index (χ0) is 27.7. The monoisotopic (exact) mass is 498 g/mol. The molecule has 0 aliphatic rings. The zero-order valence-electron chi connectivity index (χ0n) is 23.7. The maximum Gasteiger partial charge on any atom is 0.253 e. The molecule has 0 atom stereocenters. The third-order valence-electron chi connectivity index (χ3n) is 4.94. The van der Waals surface area contributed by atoms with E-state index in [0.717, 1.165) is 41.1 Å². The standard InChI is InChI=1S/C21H33N3O2.C8H13NO/c1-7-8-18(22-5)11-16(4)24-20-12-17(14-26-13-15(2)3)9-10-19(20)21(25)23-6;1-6(2)8(5-9-4)7(3)10/h9-12,15,22,24H,4,7-8,13-14H2,1-3,5-6H3,(H,23,25);5H,1-4H3/b18-11+;. The minimum atomic E-state index is -0.138. The Balaban J connectivity index is 0.00000103. The van der Waals surface area contributed by atoms with Gasteiger partial charge in [-0.15, -0.1) is 0 Å². The SMILES string of the molecule is C=C(/C=C(\CCC)NC)Nc1cc(COCC(C)C)ccc1C(=O)NC.CN=CC(C(C)=O)=C(C)C. The van der Waals surface area contributed by atoms with Crippen LogP contribution >= 0.6 is 0 Å². The molecule has 1 rings (SSSR count). The molecule has 1 amide bonds. The molecule has 0 radical (unpaired) electrons. The molecule has 0 aliphatic heterocycles. The van der Waals surface area contributed by atoms with Gasteiger partial charge in [-0.3, -0.25) is 14.6 Å². The Labute approximate surface area is 218 Å². The van der Waals surface area contributed by atoms with Crippen molar-refractivity contribution in [1.29, 1.82) is 0 Å². The van der Waals surface area contributed by atoms with Gasteiger partial charge in [0.1, 0.15) is 0 Å². The van der Waals surface area contributed by atoms with Crippen molar-refractivity contribution >= 4 is 23.6 Å². The first-order valence-electron chi connectivity index (χ1n) is 12.4. The number of allylic oxidation sites excluding steroid dienone is 4. The minimum Gasteiger partial charge on any atom is -0.391 e. The van der Waals surface area contributed by atoms with Crippen molar-refractivity contribution in [2.45, 2.75) is 61.0 Å². The Bertz CT molecular complexity index is 955. The van der Waals surface area contributed by atoms with Crippen LogP contribution in [0.2, 0.25) is 0 Å². The van der Waals surface area contributed by atoms with Gasteiger partial charge < -0.3 is 20.7 Å². The number of ether oxygens (including phenoxy) is 1. The molecule has 0 fully saturated rings. The highest BCUT2D eigenvalue weighted by atomic mass is 16.5. The second-order valence-electron chi connectivity index (χ2n) is 9.05. The number of rotatable bonds is 13. The molecule has 7 nitrogen and oxygen atoms in total. The molecule has 0 aliphatic carbocycles. The number of nitrogens with zero attached hydrogens (tertiary/aromatic N) is 1. The first-order chi connectivity index (χ1) is 17.0. The van der Waals surface area contributed by atoms with E-state index in [1.54, 1.807) is 27.2 Å². The number of hydrogen-bond acceptors (Lipinski definition) is 6. The topological polar surface area (TPSA) is 91.8 Å². The van der Waals surface area contributed by atoms with Gasteiger partial charge in [-0.05, 0) is 56.9 Å². The molecular weight excluding hydrogens is 452 g/mol. The minimum absolute atomic E-state index is 0.0746. The van der Waals surface area contributed by atoms with Gasteiger partial charge in [0.25, 0.3) is 5.91 Å². The van der Waals surface area contributed by atoms with Crippen LogP contribution in [0.4, 0.5) is 5.69 Å². The van der Waals surface area contributed by atoms with Crippen LogP contribution in [0.1, 0.15) is 70.3 Å². The number of nitrogens with one attached hydrogen (secondary N) is 3. The van der Waals surface area contributed by atoms with Gasteiger partial charge in [-0.2, -0.15) is 0 Å². The summed E-state index contributed by atoms with van der Waals surface area (Å²) in [6.07, 6.45) is 5.56. The van der Waals surface area contributed by atoms with Crippen molar-refractivity contribution in [3.63, 3.8) is 0 Å². The fourth-order valence-corrected chi connectivity index (χ4v) is 3.19. The Morgan fingerprint density at radius 1 is 1.14 bits per heavy atom. The molecule has 0 heterocycles. The normalized spacial score (nSPS) is 11.0. The van der Waals surface area contributed by atoms with Crippen molar-refractivity contribution in [1.82, 2.24) is 10.6 Å². The summed E-state index contributed by atoms with van der Waals surface area (Å²) >= 11 is 0. The molecule has 0 unspecified atom stereocenters. The summed E-state index contributed by atoms with van der Waals surface area (Å²) in [6.45, 7) is 17.0. The quantitative estimate of drug-likeness (QED) is 0.185. The highest BCUT2D eigenvalue weighted by molar-refractivity contribution is 6.12. The van der Waals surface area contributed by atoms with Crippen molar-refractivity contribution in [2.75, 3.05) is 33.1 Å². The van der Waals surface area contributed by atoms with E-state index >= 15 is 0 Å². The number of Topliss-reactive ketones (excluding diaryl/α,β-unsaturated/α-hetero) is 1. The average Bonchev–Trinajstić information content (AvgIpc) is 2.81. The second-order valence-corrected chi connectivity index (χ2v) is 9.05. The summed E-state index contributed by atoms with van der Waals surface area (Å²) in [4.78, 5) is 26.8. The molecule has 0 saturated heterocycles. The van der Waals surface area contributed by atoms with Gasteiger partial charge in [-0.1, -0.05) is 45.4 Å². The summed E-state index contributed by atoms with van der Waals surface area (Å²) in [5.74, 6) is 0.424. The van der Waals surface area contributed by atoms with E-state index in [-0.39, 0.29) is 11.7 Å². The molecule has 1 aromatic rings. The first-order valence-corrected chi connectivity index (χ1v) is 12.4. The first kappa shape index (κ1) is 32.8. The van der Waals surface area contributed by atoms with Crippen LogP contribution in [0.5, 0.6) is 0 Å². The van der Waals surface area contributed by atoms with Crippen LogP contribution in [0.3, 0.4) is 0 Å². The van der Waals surface area contributed by atoms with Crippen molar-refractivity contribution in [3.8, 4) is 0 Å². The predicted octanol–water partition coefficient (Wildman–Crippen LogP) is 5.66. The molecule has 0 aromatic heterocycles. The highest BCUT2D eigenvalue weighted by Gasteiger charge is 2.12. The van der Waals surface area contributed by atoms with Crippen LogP contribution in [-0.2, 0) is 16.1 Å². The maximum absolute atomic E-state index is 12.2. The summed E-state index contributed by atoms with van der Waals surface area (Å²) < 4.78 is 5.71. The van der Waals surface area contributed by atoms with Crippen LogP contribution in [-0.4, -0.2) is 45.7 Å². The van der Waals surface area contributed by atoms with Gasteiger partial charge in [-0.25, -0.2) is 0 Å². The molecule has 0 saturated carbocycles. The number of carbonyl (C=O) groups excluding carboxylic acids is 2. The molecule has 0 bridgehead atoms. The smallest absolute Gasteiger partial charge is 0.253 e. The average molecular weight is 499 g/mol. The van der Waals surface area contributed by atoms with E-state index in [4.69, 9.17) is 4.74 Å². The Kier molecular flexibility index (Phi) is 16.5. The van der Waals surface area contributed by atoms with Crippen LogP contribution in [0.25, 0.3) is 0 Å². The van der Waals surface area contributed by atoms with Gasteiger partial charge in [0.05, 0.1) is 17.9 Å². The zero-order valence-corrected chi connectivity index (χ0v) is 23.7. The Morgan fingerprint density at radius 2 is 1.81 bits per heavy atom. The summed E-state index contributed by atoms with van der Waals surface area (Å²) in [7, 11) is 5.18. The van der Waals surface area contributed by atoms with Crippen LogP contribution in [0, 0.1) is 5.92 Å². The molecule has 200 valence electrons. The van der Waals surface area contributed by atoms with E-state index in [9.17, 15) is 9.59 Å². The lowest BCUT2D eigenvalue weighted by Crippen LogP contribution is -2.20. The van der Waals surface area contributed by atoms with E-state index in [2.05, 4.69) is 48.3 Å². The largest absolute Gasteiger partial charge is 0.391 e. The lowest BCUT2D eigenvalue weighted by atomic mass is 10.1. The highest BCUT2D eigenvalue weighted by Crippen LogP contribution is 2.21. The number of anilines is 1. The fourth-order valence-electron chi connectivity index (χ4n) is 3.19. The molecule has 1 aromatic carbocycles. The number of aliphatic imine (C=N–C) groups is 1. The summed E-state index contributed by atoms with van der Waals surface area (Å²) in [5, 5.41) is 9.12. The second kappa shape index (κ2) is 18.1.